The van der Waals surface area contributed by atoms with Crippen LogP contribution in [0.2, 0.25) is 0 Å². The third-order valence-corrected chi connectivity index (χ3v) is 2.00. The van der Waals surface area contributed by atoms with E-state index in [0.717, 1.165) is 0 Å². The van der Waals surface area contributed by atoms with Gasteiger partial charge in [-0.25, -0.2) is 0 Å². The zero-order valence-electron chi connectivity index (χ0n) is 8.60. The molecule has 1 unspecified atom stereocenters. The number of nitrogens with two attached hydrogens (primary N) is 1. The van der Waals surface area contributed by atoms with Crippen LogP contribution in [0, 0.1) is 0 Å². The second-order valence-electron chi connectivity index (χ2n) is 3.17. The monoisotopic (exact) mass is 212 g/mol. The minimum atomic E-state index is -0.786. The van der Waals surface area contributed by atoms with Gasteiger partial charge < -0.3 is 26.0 Å². The highest BCUT2D eigenvalue weighted by Crippen LogP contribution is 2.23. The molecular weight excluding hydrogens is 196 g/mol. The number of hydrogen-bond donors (Lipinski definition) is 4. The van der Waals surface area contributed by atoms with E-state index in [0.29, 0.717) is 17.1 Å². The smallest absolute Gasteiger partial charge is 0.121 e. The first-order valence-electron chi connectivity index (χ1n) is 4.63. The van der Waals surface area contributed by atoms with E-state index in [1.807, 2.05) is 0 Å². The molecule has 0 radical (unpaired) electrons. The second kappa shape index (κ2) is 5.43. The fourth-order valence-corrected chi connectivity index (χ4v) is 1.12. The Kier molecular flexibility index (Phi) is 4.20. The number of anilines is 2. The zero-order chi connectivity index (χ0) is 11.3. The highest BCUT2D eigenvalue weighted by molar-refractivity contribution is 5.68. The van der Waals surface area contributed by atoms with Crippen LogP contribution in [0.5, 0.6) is 5.75 Å². The van der Waals surface area contributed by atoms with Crippen molar-refractivity contribution in [2.45, 2.75) is 6.10 Å². The summed E-state index contributed by atoms with van der Waals surface area (Å²) in [6.45, 7) is -0.0178. The maximum atomic E-state index is 9.13. The van der Waals surface area contributed by atoms with Gasteiger partial charge in [-0.15, -0.1) is 0 Å². The van der Waals surface area contributed by atoms with Gasteiger partial charge >= 0.3 is 0 Å². The summed E-state index contributed by atoms with van der Waals surface area (Å²) < 4.78 is 5.00. The summed E-state index contributed by atoms with van der Waals surface area (Å²) in [5, 5.41) is 20.7. The first-order valence-corrected chi connectivity index (χ1v) is 4.63. The Hall–Kier alpha value is -1.46. The van der Waals surface area contributed by atoms with Crippen molar-refractivity contribution >= 4 is 11.4 Å². The number of aliphatic hydroxyl groups is 2. The standard InChI is InChI=1S/C10H16N2O3/c1-15-8-2-3-10(9(11)4-8)12-5-7(14)6-13/h2-4,7,12-14H,5-6,11H2,1H3. The van der Waals surface area contributed by atoms with Crippen LogP contribution < -0.4 is 15.8 Å². The van der Waals surface area contributed by atoms with Crippen LogP contribution in [0.4, 0.5) is 11.4 Å². The summed E-state index contributed by atoms with van der Waals surface area (Å²) in [4.78, 5) is 0. The molecule has 0 aliphatic rings. The Morgan fingerprint density at radius 2 is 2.27 bits per heavy atom. The van der Waals surface area contributed by atoms with Crippen molar-refractivity contribution in [3.8, 4) is 5.75 Å². The fraction of sp³-hybridized carbons (Fsp3) is 0.400. The third-order valence-electron chi connectivity index (χ3n) is 2.00. The molecule has 0 aromatic heterocycles. The van der Waals surface area contributed by atoms with Gasteiger partial charge in [0.15, 0.2) is 0 Å². The first-order chi connectivity index (χ1) is 7.17. The second-order valence-corrected chi connectivity index (χ2v) is 3.17. The molecule has 0 aliphatic carbocycles. The van der Waals surface area contributed by atoms with Gasteiger partial charge in [-0.2, -0.15) is 0 Å². The van der Waals surface area contributed by atoms with E-state index in [1.54, 1.807) is 25.3 Å². The van der Waals surface area contributed by atoms with E-state index >= 15 is 0 Å². The Morgan fingerprint density at radius 3 is 2.80 bits per heavy atom. The highest BCUT2D eigenvalue weighted by atomic mass is 16.5. The Morgan fingerprint density at radius 1 is 1.53 bits per heavy atom. The molecule has 0 aliphatic heterocycles. The van der Waals surface area contributed by atoms with Crippen molar-refractivity contribution in [3.05, 3.63) is 18.2 Å². The lowest BCUT2D eigenvalue weighted by molar-refractivity contribution is 0.105. The molecule has 1 aromatic rings. The minimum Gasteiger partial charge on any atom is -0.497 e. The number of nitrogens with one attached hydrogen (secondary N) is 1. The van der Waals surface area contributed by atoms with E-state index in [9.17, 15) is 0 Å². The van der Waals surface area contributed by atoms with Gasteiger partial charge in [0, 0.05) is 12.6 Å². The van der Waals surface area contributed by atoms with Gasteiger partial charge in [-0.05, 0) is 12.1 Å². The summed E-state index contributed by atoms with van der Waals surface area (Å²) in [7, 11) is 1.57. The highest BCUT2D eigenvalue weighted by Gasteiger charge is 2.04. The number of aliphatic hydroxyl groups excluding tert-OH is 2. The van der Waals surface area contributed by atoms with Crippen molar-refractivity contribution in [1.29, 1.82) is 0 Å². The van der Waals surface area contributed by atoms with E-state index in [2.05, 4.69) is 5.32 Å². The van der Waals surface area contributed by atoms with Gasteiger partial charge in [0.05, 0.1) is 31.2 Å². The van der Waals surface area contributed by atoms with E-state index in [1.165, 1.54) is 0 Å². The van der Waals surface area contributed by atoms with Crippen molar-refractivity contribution in [3.63, 3.8) is 0 Å². The fourth-order valence-electron chi connectivity index (χ4n) is 1.12. The van der Waals surface area contributed by atoms with Crippen molar-refractivity contribution in [2.24, 2.45) is 0 Å². The first kappa shape index (κ1) is 11.6. The molecule has 84 valence electrons. The molecule has 0 saturated carbocycles. The number of hydrogen-bond acceptors (Lipinski definition) is 5. The molecule has 0 spiro atoms. The van der Waals surface area contributed by atoms with Crippen molar-refractivity contribution in [2.75, 3.05) is 31.3 Å². The maximum absolute atomic E-state index is 9.13. The van der Waals surface area contributed by atoms with Crippen molar-refractivity contribution < 1.29 is 14.9 Å². The Bertz CT molecular complexity index is 318. The molecule has 15 heavy (non-hydrogen) atoms. The van der Waals surface area contributed by atoms with Crippen LogP contribution in [0.25, 0.3) is 0 Å². The number of ether oxygens (including phenoxy) is 1. The van der Waals surface area contributed by atoms with E-state index < -0.39 is 6.10 Å². The normalized spacial score (nSPS) is 12.2. The summed E-state index contributed by atoms with van der Waals surface area (Å²) in [5.74, 6) is 0.681. The third kappa shape index (κ3) is 3.30. The molecule has 5 heteroatoms. The number of benzene rings is 1. The van der Waals surface area contributed by atoms with Gasteiger partial charge in [-0.1, -0.05) is 0 Å². The molecule has 0 saturated heterocycles. The van der Waals surface area contributed by atoms with E-state index in [4.69, 9.17) is 20.7 Å². The Balaban J connectivity index is 2.62. The molecule has 5 nitrogen and oxygen atoms in total. The van der Waals surface area contributed by atoms with Gasteiger partial charge in [0.1, 0.15) is 5.75 Å². The quantitative estimate of drug-likeness (QED) is 0.518. The van der Waals surface area contributed by atoms with Crippen LogP contribution in [0.1, 0.15) is 0 Å². The van der Waals surface area contributed by atoms with Crippen LogP contribution in [0.3, 0.4) is 0 Å². The average molecular weight is 212 g/mol. The maximum Gasteiger partial charge on any atom is 0.121 e. The number of rotatable bonds is 5. The lowest BCUT2D eigenvalue weighted by atomic mass is 10.2. The molecular formula is C10H16N2O3. The van der Waals surface area contributed by atoms with Crippen LogP contribution >= 0.6 is 0 Å². The predicted molar refractivity (Wildman–Crippen MR) is 59.0 cm³/mol. The largest absolute Gasteiger partial charge is 0.497 e. The van der Waals surface area contributed by atoms with Crippen LogP contribution in [-0.4, -0.2) is 36.6 Å². The molecule has 0 bridgehead atoms. The number of nitrogen functional groups attached to an aromatic ring is 1. The Labute approximate surface area is 88.5 Å². The molecule has 1 atom stereocenters. The van der Waals surface area contributed by atoms with Gasteiger partial charge in [0.2, 0.25) is 0 Å². The lowest BCUT2D eigenvalue weighted by Gasteiger charge is -2.12. The van der Waals surface area contributed by atoms with Gasteiger partial charge in [0.25, 0.3) is 0 Å². The molecule has 5 N–H and O–H groups in total. The van der Waals surface area contributed by atoms with Gasteiger partial charge in [-0.3, -0.25) is 0 Å². The summed E-state index contributed by atoms with van der Waals surface area (Å²) in [6, 6.07) is 5.22. The molecule has 1 aromatic carbocycles. The SMILES string of the molecule is COc1ccc(NCC(O)CO)c(N)c1. The molecule has 1 rings (SSSR count). The minimum absolute atomic E-state index is 0.257. The molecule has 0 heterocycles. The van der Waals surface area contributed by atoms with Crippen LogP contribution in [-0.2, 0) is 0 Å². The predicted octanol–water partition coefficient (Wildman–Crippen LogP) is 0.0425. The number of methoxy groups -OCH3 is 1. The topological polar surface area (TPSA) is 87.7 Å². The lowest BCUT2D eigenvalue weighted by Crippen LogP contribution is -2.23. The van der Waals surface area contributed by atoms with E-state index in [-0.39, 0.29) is 13.2 Å². The average Bonchev–Trinajstić information content (AvgIpc) is 2.26. The summed E-state index contributed by atoms with van der Waals surface area (Å²) >= 11 is 0. The summed E-state index contributed by atoms with van der Waals surface area (Å²) in [6.07, 6.45) is -0.786. The van der Waals surface area contributed by atoms with Crippen LogP contribution in [0.15, 0.2) is 18.2 Å². The molecule has 0 fully saturated rings. The summed E-state index contributed by atoms with van der Waals surface area (Å²) in [5.41, 5.74) is 6.99. The van der Waals surface area contributed by atoms with Crippen molar-refractivity contribution in [1.82, 2.24) is 0 Å². The zero-order valence-corrected chi connectivity index (χ0v) is 8.60. The molecule has 0 amide bonds.